The number of pyridine rings is 1. The van der Waals surface area contributed by atoms with Crippen LogP contribution in [0.25, 0.3) is 10.9 Å². The molecule has 1 heterocycles. The van der Waals surface area contributed by atoms with E-state index in [1.54, 1.807) is 7.11 Å². The molecule has 0 atom stereocenters. The largest absolute Gasteiger partial charge is 0.513 e. The van der Waals surface area contributed by atoms with E-state index in [2.05, 4.69) is 15.9 Å². The van der Waals surface area contributed by atoms with Crippen molar-refractivity contribution in [1.29, 1.82) is 0 Å². The second-order valence-corrected chi connectivity index (χ2v) is 7.99. The van der Waals surface area contributed by atoms with Gasteiger partial charge in [0.1, 0.15) is 23.9 Å². The highest BCUT2D eigenvalue weighted by atomic mass is 79.9. The predicted molar refractivity (Wildman–Crippen MR) is 123 cm³/mol. The van der Waals surface area contributed by atoms with Gasteiger partial charge in [-0.2, -0.15) is 0 Å². The van der Waals surface area contributed by atoms with E-state index >= 15 is 0 Å². The monoisotopic (exact) mass is 487 g/mol. The smallest absolute Gasteiger partial charge is 0.456 e. The van der Waals surface area contributed by atoms with E-state index in [0.29, 0.717) is 30.3 Å². The van der Waals surface area contributed by atoms with Crippen LogP contribution < -0.4 is 9.47 Å². The average molecular weight is 488 g/mol. The van der Waals surface area contributed by atoms with Gasteiger partial charge in [0.25, 0.3) is 0 Å². The molecule has 6 nitrogen and oxygen atoms in total. The predicted octanol–water partition coefficient (Wildman–Crippen LogP) is 6.44. The number of aryl methyl sites for hydroxylation is 3. The molecular formula is C24H26BrNO5. The zero-order valence-corrected chi connectivity index (χ0v) is 20.0. The van der Waals surface area contributed by atoms with E-state index in [9.17, 15) is 4.79 Å². The van der Waals surface area contributed by atoms with E-state index in [1.807, 2.05) is 58.0 Å². The molecule has 0 spiro atoms. The number of hydrogen-bond acceptors (Lipinski definition) is 6. The van der Waals surface area contributed by atoms with Crippen molar-refractivity contribution in [2.75, 3.05) is 20.3 Å². The molecular weight excluding hydrogens is 462 g/mol. The first kappa shape index (κ1) is 23.0. The lowest BCUT2D eigenvalue weighted by molar-refractivity contribution is 0.0687. The minimum absolute atomic E-state index is 0.118. The van der Waals surface area contributed by atoms with Gasteiger partial charge in [-0.05, 0) is 66.9 Å². The summed E-state index contributed by atoms with van der Waals surface area (Å²) in [6.45, 7) is 8.26. The van der Waals surface area contributed by atoms with E-state index in [4.69, 9.17) is 23.9 Å². The van der Waals surface area contributed by atoms with Gasteiger partial charge in [0.2, 0.25) is 0 Å². The summed E-state index contributed by atoms with van der Waals surface area (Å²) in [6, 6.07) is 9.61. The number of para-hydroxylation sites is 1. The molecule has 0 unspecified atom stereocenters. The van der Waals surface area contributed by atoms with Crippen molar-refractivity contribution < 1.29 is 23.7 Å². The topological polar surface area (TPSA) is 66.9 Å². The van der Waals surface area contributed by atoms with Gasteiger partial charge in [-0.15, -0.1) is 0 Å². The quantitative estimate of drug-likeness (QED) is 0.282. The van der Waals surface area contributed by atoms with E-state index < -0.39 is 6.16 Å². The van der Waals surface area contributed by atoms with Gasteiger partial charge in [-0.3, -0.25) is 4.98 Å². The summed E-state index contributed by atoms with van der Waals surface area (Å²) in [5.74, 6) is 1.84. The minimum atomic E-state index is -0.775. The Morgan fingerprint density at radius 2 is 1.81 bits per heavy atom. The van der Waals surface area contributed by atoms with E-state index in [-0.39, 0.29) is 6.61 Å². The number of halogens is 1. The SMILES string of the molecule is CCc1nc2cc(C)c(Oc3ccccc3Br)c(C)c2c(OC(=O)OCCOC)c1C. The fraction of sp³-hybridized carbons (Fsp3) is 0.333. The van der Waals surface area contributed by atoms with Crippen LogP contribution in [-0.4, -0.2) is 31.5 Å². The first-order valence-electron chi connectivity index (χ1n) is 10.1. The first-order valence-corrected chi connectivity index (χ1v) is 10.9. The molecule has 0 bridgehead atoms. The summed E-state index contributed by atoms with van der Waals surface area (Å²) < 4.78 is 22.8. The van der Waals surface area contributed by atoms with Gasteiger partial charge >= 0.3 is 6.16 Å². The number of aromatic nitrogens is 1. The third kappa shape index (κ3) is 4.99. The third-order valence-electron chi connectivity index (χ3n) is 5.02. The summed E-state index contributed by atoms with van der Waals surface area (Å²) >= 11 is 3.53. The van der Waals surface area contributed by atoms with Crippen LogP contribution in [0.2, 0.25) is 0 Å². The lowest BCUT2D eigenvalue weighted by Gasteiger charge is -2.19. The molecule has 0 aliphatic rings. The minimum Gasteiger partial charge on any atom is -0.456 e. The molecule has 0 N–H and O–H groups in total. The summed E-state index contributed by atoms with van der Waals surface area (Å²) in [5.41, 5.74) is 4.19. The standard InChI is InChI=1S/C24H26BrNO5/c1-6-18-15(3)23(31-24(27)29-12-11-28-5)21-16(4)22(14(2)13-19(21)26-18)30-20-10-8-7-9-17(20)25/h7-10,13H,6,11-12H2,1-5H3. The molecule has 0 fully saturated rings. The number of fused-ring (bicyclic) bond motifs is 1. The molecule has 2 aromatic carbocycles. The van der Waals surface area contributed by atoms with E-state index in [1.165, 1.54) is 0 Å². The van der Waals surface area contributed by atoms with Crippen LogP contribution in [0, 0.1) is 20.8 Å². The maximum Gasteiger partial charge on any atom is 0.513 e. The zero-order chi connectivity index (χ0) is 22.5. The maximum atomic E-state index is 12.3. The maximum absolute atomic E-state index is 12.3. The molecule has 0 radical (unpaired) electrons. The van der Waals surface area contributed by atoms with Crippen molar-refractivity contribution in [2.24, 2.45) is 0 Å². The second kappa shape index (κ2) is 10.1. The number of carbonyl (C=O) groups excluding carboxylic acids is 1. The summed E-state index contributed by atoms with van der Waals surface area (Å²) in [6.07, 6.45) is -0.0626. The Hall–Kier alpha value is -2.64. The Balaban J connectivity index is 2.13. The van der Waals surface area contributed by atoms with Crippen LogP contribution in [0.4, 0.5) is 4.79 Å². The molecule has 31 heavy (non-hydrogen) atoms. The number of benzene rings is 2. The summed E-state index contributed by atoms with van der Waals surface area (Å²) in [4.78, 5) is 17.1. The average Bonchev–Trinajstić information content (AvgIpc) is 2.74. The zero-order valence-electron chi connectivity index (χ0n) is 18.4. The molecule has 7 heteroatoms. The highest BCUT2D eigenvalue weighted by Crippen LogP contribution is 2.41. The molecule has 0 aliphatic carbocycles. The Kier molecular flexibility index (Phi) is 7.51. The molecule has 0 saturated heterocycles. The molecule has 1 aromatic heterocycles. The first-order chi connectivity index (χ1) is 14.9. The molecule has 164 valence electrons. The van der Waals surface area contributed by atoms with Gasteiger partial charge in [0.15, 0.2) is 0 Å². The normalized spacial score (nSPS) is 10.9. The van der Waals surface area contributed by atoms with Gasteiger partial charge in [0.05, 0.1) is 22.0 Å². The van der Waals surface area contributed by atoms with Crippen molar-refractivity contribution in [3.05, 3.63) is 57.2 Å². The number of hydrogen-bond donors (Lipinski definition) is 0. The Labute approximate surface area is 190 Å². The van der Waals surface area contributed by atoms with Crippen molar-refractivity contribution in [3.63, 3.8) is 0 Å². The molecule has 0 amide bonds. The molecule has 0 saturated carbocycles. The Morgan fingerprint density at radius 3 is 2.48 bits per heavy atom. The van der Waals surface area contributed by atoms with Gasteiger partial charge in [-0.1, -0.05) is 19.1 Å². The molecule has 3 aromatic rings. The lowest BCUT2D eigenvalue weighted by atomic mass is 9.99. The number of rotatable bonds is 7. The number of carbonyl (C=O) groups is 1. The van der Waals surface area contributed by atoms with Crippen molar-refractivity contribution in [1.82, 2.24) is 4.98 Å². The molecule has 0 aliphatic heterocycles. The summed E-state index contributed by atoms with van der Waals surface area (Å²) in [5, 5.41) is 0.728. The number of methoxy groups -OCH3 is 1. The number of nitrogens with zero attached hydrogens (tertiary/aromatic N) is 1. The highest BCUT2D eigenvalue weighted by Gasteiger charge is 2.21. The third-order valence-corrected chi connectivity index (χ3v) is 5.67. The van der Waals surface area contributed by atoms with Crippen molar-refractivity contribution in [3.8, 4) is 17.2 Å². The molecule has 3 rings (SSSR count). The van der Waals surface area contributed by atoms with Crippen LogP contribution in [0.1, 0.15) is 29.3 Å². The highest BCUT2D eigenvalue weighted by molar-refractivity contribution is 9.10. The van der Waals surface area contributed by atoms with Crippen LogP contribution in [-0.2, 0) is 15.9 Å². The van der Waals surface area contributed by atoms with Crippen molar-refractivity contribution in [2.45, 2.75) is 34.1 Å². The van der Waals surface area contributed by atoms with Gasteiger partial charge in [-0.25, -0.2) is 4.79 Å². The Morgan fingerprint density at radius 1 is 1.06 bits per heavy atom. The van der Waals surface area contributed by atoms with Crippen LogP contribution >= 0.6 is 15.9 Å². The van der Waals surface area contributed by atoms with Gasteiger partial charge in [0, 0.05) is 23.9 Å². The van der Waals surface area contributed by atoms with Crippen molar-refractivity contribution >= 4 is 33.0 Å². The second-order valence-electron chi connectivity index (χ2n) is 7.13. The van der Waals surface area contributed by atoms with Gasteiger partial charge < -0.3 is 18.9 Å². The fourth-order valence-corrected chi connectivity index (χ4v) is 3.82. The van der Waals surface area contributed by atoms with Crippen LogP contribution in [0.5, 0.6) is 17.2 Å². The fourth-order valence-electron chi connectivity index (χ4n) is 3.45. The van der Waals surface area contributed by atoms with Crippen LogP contribution in [0.3, 0.4) is 0 Å². The number of ether oxygens (including phenoxy) is 4. The Bertz CT molecular complexity index is 1110. The summed E-state index contributed by atoms with van der Waals surface area (Å²) in [7, 11) is 1.54. The lowest BCUT2D eigenvalue weighted by Crippen LogP contribution is -2.15. The van der Waals surface area contributed by atoms with Crippen LogP contribution in [0.15, 0.2) is 34.8 Å². The van der Waals surface area contributed by atoms with E-state index in [0.717, 1.165) is 37.8 Å².